The summed E-state index contributed by atoms with van der Waals surface area (Å²) in [6.45, 7) is 3.23. The monoisotopic (exact) mass is 547 g/mol. The van der Waals surface area contributed by atoms with Gasteiger partial charge < -0.3 is 15.5 Å². The minimum atomic E-state index is -4.46. The second-order valence-corrected chi connectivity index (χ2v) is 9.70. The molecule has 2 N–H and O–H groups in total. The number of nitrogens with zero attached hydrogens (tertiary/aromatic N) is 5. The van der Waals surface area contributed by atoms with Gasteiger partial charge in [0.05, 0.1) is 17.7 Å². The van der Waals surface area contributed by atoms with E-state index in [1.165, 1.54) is 0 Å². The number of carbonyl (C=O) groups is 1. The van der Waals surface area contributed by atoms with E-state index in [2.05, 4.69) is 30.6 Å². The summed E-state index contributed by atoms with van der Waals surface area (Å²) in [4.78, 5) is 31.8. The molecule has 40 heavy (non-hydrogen) atoms. The number of amides is 1. The zero-order valence-corrected chi connectivity index (χ0v) is 21.8. The first-order valence-corrected chi connectivity index (χ1v) is 12.9. The van der Waals surface area contributed by atoms with Gasteiger partial charge in [-0.1, -0.05) is 6.07 Å². The minimum absolute atomic E-state index is 0.0565. The normalized spacial score (nSPS) is 14.2. The van der Waals surface area contributed by atoms with E-state index in [9.17, 15) is 18.0 Å². The van der Waals surface area contributed by atoms with Crippen molar-refractivity contribution in [2.24, 2.45) is 0 Å². The highest BCUT2D eigenvalue weighted by Crippen LogP contribution is 2.31. The Bertz CT molecular complexity index is 1450. The van der Waals surface area contributed by atoms with Crippen molar-refractivity contribution >= 4 is 23.4 Å². The molecule has 206 valence electrons. The van der Waals surface area contributed by atoms with Crippen molar-refractivity contribution in [1.82, 2.24) is 24.8 Å². The van der Waals surface area contributed by atoms with Gasteiger partial charge in [0.2, 0.25) is 5.91 Å². The van der Waals surface area contributed by atoms with E-state index in [0.29, 0.717) is 31.0 Å². The highest BCUT2D eigenvalue weighted by molar-refractivity contribution is 5.78. The summed E-state index contributed by atoms with van der Waals surface area (Å²) in [5.74, 6) is 1.25. The van der Waals surface area contributed by atoms with Gasteiger partial charge in [-0.2, -0.15) is 13.2 Å². The van der Waals surface area contributed by atoms with Crippen molar-refractivity contribution in [3.8, 4) is 11.3 Å². The fourth-order valence-electron chi connectivity index (χ4n) is 4.57. The first-order valence-electron chi connectivity index (χ1n) is 12.9. The van der Waals surface area contributed by atoms with E-state index in [-0.39, 0.29) is 17.8 Å². The number of aromatic nitrogens is 4. The van der Waals surface area contributed by atoms with Crippen LogP contribution < -0.4 is 10.6 Å². The molecule has 0 saturated carbocycles. The molecule has 5 rings (SSSR count). The number of aryl methyl sites for hydroxylation is 1. The third kappa shape index (κ3) is 6.90. The molecule has 11 heteroatoms. The topological polar surface area (TPSA) is 95.9 Å². The van der Waals surface area contributed by atoms with Crippen LogP contribution in [0.25, 0.3) is 11.3 Å². The molecule has 0 atom stereocenters. The molecule has 1 amide bonds. The zero-order chi connectivity index (χ0) is 28.1. The number of alkyl halides is 3. The SMILES string of the molecule is Cc1cc(Nc2cc(C(F)(F)F)ccn2)nc(-c2ccc(NC3CCN(C(=O)Cc4ccccn4)CC3)nc2)c1. The smallest absolute Gasteiger partial charge is 0.367 e. The van der Waals surface area contributed by atoms with Crippen LogP contribution >= 0.6 is 0 Å². The van der Waals surface area contributed by atoms with Crippen LogP contribution in [0.3, 0.4) is 0 Å². The molecular weight excluding hydrogens is 519 g/mol. The molecule has 0 bridgehead atoms. The Balaban J connectivity index is 1.18. The number of pyridine rings is 4. The predicted octanol–water partition coefficient (Wildman–Crippen LogP) is 5.65. The summed E-state index contributed by atoms with van der Waals surface area (Å²) in [7, 11) is 0. The van der Waals surface area contributed by atoms with Gasteiger partial charge in [-0.05, 0) is 73.9 Å². The van der Waals surface area contributed by atoms with Crippen molar-refractivity contribution in [1.29, 1.82) is 0 Å². The fraction of sp³-hybridized carbons (Fsp3) is 0.276. The second-order valence-electron chi connectivity index (χ2n) is 9.70. The van der Waals surface area contributed by atoms with Crippen LogP contribution in [0.15, 0.2) is 73.2 Å². The molecule has 4 aromatic rings. The second kappa shape index (κ2) is 11.7. The summed E-state index contributed by atoms with van der Waals surface area (Å²) >= 11 is 0. The summed E-state index contributed by atoms with van der Waals surface area (Å²) in [5, 5.41) is 6.32. The molecule has 1 aliphatic rings. The number of carbonyl (C=O) groups excluding carboxylic acids is 1. The first kappa shape index (κ1) is 27.0. The fourth-order valence-corrected chi connectivity index (χ4v) is 4.57. The average molecular weight is 548 g/mol. The molecule has 0 aromatic carbocycles. The highest BCUT2D eigenvalue weighted by Gasteiger charge is 2.30. The summed E-state index contributed by atoms with van der Waals surface area (Å²) < 4.78 is 39.2. The van der Waals surface area contributed by atoms with Gasteiger partial charge in [-0.15, -0.1) is 0 Å². The maximum atomic E-state index is 13.1. The Kier molecular flexibility index (Phi) is 7.90. The number of nitrogens with one attached hydrogen (secondary N) is 2. The van der Waals surface area contributed by atoms with Crippen LogP contribution in [0.1, 0.15) is 29.7 Å². The van der Waals surface area contributed by atoms with Crippen LogP contribution in [-0.2, 0) is 17.4 Å². The lowest BCUT2D eigenvalue weighted by Crippen LogP contribution is -2.43. The van der Waals surface area contributed by atoms with Crippen molar-refractivity contribution in [3.63, 3.8) is 0 Å². The van der Waals surface area contributed by atoms with E-state index in [0.717, 1.165) is 53.8 Å². The third-order valence-corrected chi connectivity index (χ3v) is 6.63. The molecule has 0 unspecified atom stereocenters. The quantitative estimate of drug-likeness (QED) is 0.309. The van der Waals surface area contributed by atoms with Crippen molar-refractivity contribution in [3.05, 3.63) is 90.0 Å². The van der Waals surface area contributed by atoms with Crippen molar-refractivity contribution < 1.29 is 18.0 Å². The number of halogens is 3. The van der Waals surface area contributed by atoms with Crippen LogP contribution in [0, 0.1) is 6.92 Å². The minimum Gasteiger partial charge on any atom is -0.367 e. The van der Waals surface area contributed by atoms with Gasteiger partial charge in [0.25, 0.3) is 0 Å². The Hall–Kier alpha value is -4.54. The summed E-state index contributed by atoms with van der Waals surface area (Å²) in [6.07, 6.45) is 2.00. The van der Waals surface area contributed by atoms with Gasteiger partial charge in [0.1, 0.15) is 17.5 Å². The molecule has 0 radical (unpaired) electrons. The number of piperidine rings is 1. The Morgan fingerprint density at radius 2 is 1.77 bits per heavy atom. The summed E-state index contributed by atoms with van der Waals surface area (Å²) in [5.41, 5.74) is 2.27. The molecule has 0 aliphatic carbocycles. The van der Waals surface area contributed by atoms with E-state index < -0.39 is 11.7 Å². The lowest BCUT2D eigenvalue weighted by Gasteiger charge is -2.32. The Labute approximate surface area is 229 Å². The Morgan fingerprint density at radius 1 is 0.950 bits per heavy atom. The van der Waals surface area contributed by atoms with Gasteiger partial charge in [0, 0.05) is 49.0 Å². The van der Waals surface area contributed by atoms with E-state index in [1.807, 2.05) is 48.2 Å². The van der Waals surface area contributed by atoms with Gasteiger partial charge >= 0.3 is 6.18 Å². The molecule has 8 nitrogen and oxygen atoms in total. The predicted molar refractivity (Wildman–Crippen MR) is 146 cm³/mol. The zero-order valence-electron chi connectivity index (χ0n) is 21.8. The van der Waals surface area contributed by atoms with E-state index >= 15 is 0 Å². The number of hydrogen-bond acceptors (Lipinski definition) is 7. The molecule has 0 spiro atoms. The van der Waals surface area contributed by atoms with Crippen molar-refractivity contribution in [2.75, 3.05) is 23.7 Å². The number of anilines is 3. The van der Waals surface area contributed by atoms with Gasteiger partial charge in [0.15, 0.2) is 0 Å². The lowest BCUT2D eigenvalue weighted by molar-refractivity contribution is -0.137. The molecule has 1 fully saturated rings. The van der Waals surface area contributed by atoms with E-state index in [1.54, 1.807) is 18.5 Å². The largest absolute Gasteiger partial charge is 0.416 e. The Morgan fingerprint density at radius 3 is 2.48 bits per heavy atom. The first-order chi connectivity index (χ1) is 19.2. The average Bonchev–Trinajstić information content (AvgIpc) is 2.94. The molecule has 5 heterocycles. The summed E-state index contributed by atoms with van der Waals surface area (Å²) in [6, 6.07) is 15.0. The third-order valence-electron chi connectivity index (χ3n) is 6.63. The number of likely N-dealkylation sites (tertiary alicyclic amines) is 1. The standard InChI is InChI=1S/C29H28F3N7O/c1-19-14-24(37-27(15-19)38-26-16-21(7-11-34-26)29(30,31)32)20-5-6-25(35-18-20)36-22-8-12-39(13-9-22)28(40)17-23-4-2-3-10-33-23/h2-7,10-11,14-16,18,22H,8-9,12-13,17H2,1H3,(H,35,36)(H,34,37,38). The maximum Gasteiger partial charge on any atom is 0.416 e. The van der Waals surface area contributed by atoms with E-state index in [4.69, 9.17) is 0 Å². The number of hydrogen-bond donors (Lipinski definition) is 2. The lowest BCUT2D eigenvalue weighted by atomic mass is 10.0. The van der Waals surface area contributed by atoms with Crippen LogP contribution in [0.5, 0.6) is 0 Å². The number of rotatable bonds is 7. The van der Waals surface area contributed by atoms with Crippen LogP contribution in [-0.4, -0.2) is 49.9 Å². The van der Waals surface area contributed by atoms with Gasteiger partial charge in [-0.3, -0.25) is 9.78 Å². The highest BCUT2D eigenvalue weighted by atomic mass is 19.4. The maximum absolute atomic E-state index is 13.1. The van der Waals surface area contributed by atoms with Crippen LogP contribution in [0.4, 0.5) is 30.6 Å². The van der Waals surface area contributed by atoms with Crippen LogP contribution in [0.2, 0.25) is 0 Å². The molecule has 1 aliphatic heterocycles. The van der Waals surface area contributed by atoms with Gasteiger partial charge in [-0.25, -0.2) is 15.0 Å². The van der Waals surface area contributed by atoms with Crippen molar-refractivity contribution in [2.45, 2.75) is 38.4 Å². The molecule has 4 aromatic heterocycles. The molecule has 1 saturated heterocycles. The molecular formula is C29H28F3N7O.